The van der Waals surface area contributed by atoms with Gasteiger partial charge in [-0.2, -0.15) is 0 Å². The molecule has 6 heteroatoms. The van der Waals surface area contributed by atoms with Crippen LogP contribution in [0.15, 0.2) is 40.9 Å². The molecule has 0 saturated heterocycles. The highest BCUT2D eigenvalue weighted by Gasteiger charge is 2.11. The summed E-state index contributed by atoms with van der Waals surface area (Å²) >= 11 is 3.53. The third-order valence-electron chi connectivity index (χ3n) is 3.32. The Hall–Kier alpha value is -1.63. The number of nitrogens with one attached hydrogen (secondary N) is 1. The van der Waals surface area contributed by atoms with Gasteiger partial charge >= 0.3 is 0 Å². The largest absolute Gasteiger partial charge is 0.490 e. The average Bonchev–Trinajstić information content (AvgIpc) is 2.58. The molecule has 0 fully saturated rings. The number of ether oxygens (including phenoxy) is 2. The van der Waals surface area contributed by atoms with Gasteiger partial charge in [-0.05, 0) is 42.3 Å². The highest BCUT2D eigenvalue weighted by atomic mass is 79.9. The minimum atomic E-state index is -0.267. The molecule has 0 spiro atoms. The van der Waals surface area contributed by atoms with E-state index in [1.165, 1.54) is 12.1 Å². The highest BCUT2D eigenvalue weighted by Crippen LogP contribution is 2.34. The van der Waals surface area contributed by atoms with E-state index >= 15 is 0 Å². The molecule has 0 radical (unpaired) electrons. The molecular formula is C18H21BrFNO3. The predicted octanol–water partition coefficient (Wildman–Crippen LogP) is 3.65. The van der Waals surface area contributed by atoms with Crippen LogP contribution in [0.2, 0.25) is 0 Å². The Labute approximate surface area is 149 Å². The van der Waals surface area contributed by atoms with Crippen molar-refractivity contribution in [3.05, 3.63) is 57.8 Å². The summed E-state index contributed by atoms with van der Waals surface area (Å²) in [5.74, 6) is 1.01. The zero-order chi connectivity index (χ0) is 17.4. The molecule has 0 aromatic heterocycles. The Bertz CT molecular complexity index is 649. The van der Waals surface area contributed by atoms with Gasteiger partial charge in [-0.25, -0.2) is 4.39 Å². The molecule has 0 aliphatic carbocycles. The topological polar surface area (TPSA) is 50.7 Å². The third kappa shape index (κ3) is 5.47. The predicted molar refractivity (Wildman–Crippen MR) is 94.8 cm³/mol. The summed E-state index contributed by atoms with van der Waals surface area (Å²) in [7, 11) is 0. The summed E-state index contributed by atoms with van der Waals surface area (Å²) in [6.07, 6.45) is 0. The van der Waals surface area contributed by atoms with Crippen molar-refractivity contribution < 1.29 is 19.0 Å². The summed E-state index contributed by atoms with van der Waals surface area (Å²) in [4.78, 5) is 0. The molecule has 0 aliphatic heterocycles. The van der Waals surface area contributed by atoms with Crippen molar-refractivity contribution in [2.24, 2.45) is 0 Å². The normalized spacial score (nSPS) is 10.7. The fourth-order valence-electron chi connectivity index (χ4n) is 2.14. The summed E-state index contributed by atoms with van der Waals surface area (Å²) in [5.41, 5.74) is 1.89. The Morgan fingerprint density at radius 1 is 1.12 bits per heavy atom. The Balaban J connectivity index is 2.12. The fourth-order valence-corrected chi connectivity index (χ4v) is 2.60. The van der Waals surface area contributed by atoms with Crippen LogP contribution in [0, 0.1) is 5.82 Å². The molecule has 0 saturated carbocycles. The summed E-state index contributed by atoms with van der Waals surface area (Å²) < 4.78 is 25.3. The monoisotopic (exact) mass is 397 g/mol. The number of rotatable bonds is 9. The molecule has 0 amide bonds. The second-order valence-electron chi connectivity index (χ2n) is 5.14. The lowest BCUT2D eigenvalue weighted by molar-refractivity contribution is 0.268. The lowest BCUT2D eigenvalue weighted by Crippen LogP contribution is -2.17. The Morgan fingerprint density at radius 3 is 2.50 bits per heavy atom. The van der Waals surface area contributed by atoms with Crippen LogP contribution in [-0.2, 0) is 13.2 Å². The number of aliphatic hydroxyl groups excluding tert-OH is 1. The average molecular weight is 398 g/mol. The van der Waals surface area contributed by atoms with E-state index < -0.39 is 0 Å². The fraction of sp³-hybridized carbons (Fsp3) is 0.333. The van der Waals surface area contributed by atoms with E-state index in [1.54, 1.807) is 12.1 Å². The van der Waals surface area contributed by atoms with Gasteiger partial charge in [-0.3, -0.25) is 0 Å². The van der Waals surface area contributed by atoms with Gasteiger partial charge in [0.1, 0.15) is 12.4 Å². The number of hydrogen-bond acceptors (Lipinski definition) is 4. The van der Waals surface area contributed by atoms with Gasteiger partial charge in [0.15, 0.2) is 11.5 Å². The van der Waals surface area contributed by atoms with Crippen molar-refractivity contribution in [2.75, 3.05) is 19.8 Å². The van der Waals surface area contributed by atoms with E-state index in [-0.39, 0.29) is 12.4 Å². The van der Waals surface area contributed by atoms with Crippen molar-refractivity contribution in [3.63, 3.8) is 0 Å². The van der Waals surface area contributed by atoms with Crippen molar-refractivity contribution in [1.82, 2.24) is 5.32 Å². The number of halogens is 2. The molecule has 0 bridgehead atoms. The molecule has 0 unspecified atom stereocenters. The molecule has 2 N–H and O–H groups in total. The molecule has 24 heavy (non-hydrogen) atoms. The number of benzene rings is 2. The summed E-state index contributed by atoms with van der Waals surface area (Å²) in [6.45, 7) is 4.00. The first-order valence-corrected chi connectivity index (χ1v) is 8.57. The van der Waals surface area contributed by atoms with Gasteiger partial charge in [0.05, 0.1) is 13.2 Å². The standard InChI is InChI=1S/C18H21BrFNO3/c1-2-23-17-9-14(11-21-7-8-22)16(19)10-18(17)24-12-13-3-5-15(20)6-4-13/h3-6,9-10,21-22H,2,7-8,11-12H2,1H3. The van der Waals surface area contributed by atoms with Crippen LogP contribution in [-0.4, -0.2) is 24.9 Å². The zero-order valence-electron chi connectivity index (χ0n) is 13.5. The third-order valence-corrected chi connectivity index (χ3v) is 4.06. The lowest BCUT2D eigenvalue weighted by atomic mass is 10.2. The van der Waals surface area contributed by atoms with Crippen molar-refractivity contribution in [2.45, 2.75) is 20.1 Å². The molecule has 0 aliphatic rings. The molecule has 0 heterocycles. The SMILES string of the molecule is CCOc1cc(CNCCO)c(Br)cc1OCc1ccc(F)cc1. The smallest absolute Gasteiger partial charge is 0.162 e. The minimum absolute atomic E-state index is 0.0921. The quantitative estimate of drug-likeness (QED) is 0.634. The second kappa shape index (κ2) is 9.61. The maximum atomic E-state index is 13.0. The molecule has 2 aromatic carbocycles. The van der Waals surface area contributed by atoms with Crippen molar-refractivity contribution in [3.8, 4) is 11.5 Å². The van der Waals surface area contributed by atoms with Crippen LogP contribution in [0.25, 0.3) is 0 Å². The van der Waals surface area contributed by atoms with E-state index in [4.69, 9.17) is 14.6 Å². The van der Waals surface area contributed by atoms with E-state index in [1.807, 2.05) is 19.1 Å². The number of aliphatic hydroxyl groups is 1. The zero-order valence-corrected chi connectivity index (χ0v) is 15.1. The molecule has 2 rings (SSSR count). The Morgan fingerprint density at radius 2 is 1.83 bits per heavy atom. The van der Waals surface area contributed by atoms with E-state index in [0.29, 0.717) is 37.8 Å². The van der Waals surface area contributed by atoms with Gasteiger partial charge in [0, 0.05) is 17.6 Å². The second-order valence-corrected chi connectivity index (χ2v) is 5.99. The van der Waals surface area contributed by atoms with Gasteiger partial charge in [-0.15, -0.1) is 0 Å². The van der Waals surface area contributed by atoms with E-state index in [0.717, 1.165) is 15.6 Å². The number of hydrogen-bond donors (Lipinski definition) is 2. The van der Waals surface area contributed by atoms with Crippen molar-refractivity contribution >= 4 is 15.9 Å². The van der Waals surface area contributed by atoms with Gasteiger partial charge in [-0.1, -0.05) is 28.1 Å². The van der Waals surface area contributed by atoms with Crippen LogP contribution < -0.4 is 14.8 Å². The first kappa shape index (κ1) is 18.7. The van der Waals surface area contributed by atoms with Crippen LogP contribution in [0.4, 0.5) is 4.39 Å². The maximum absolute atomic E-state index is 13.0. The first-order valence-electron chi connectivity index (χ1n) is 7.78. The lowest BCUT2D eigenvalue weighted by Gasteiger charge is -2.15. The Kier molecular flexibility index (Phi) is 7.49. The molecule has 0 atom stereocenters. The van der Waals surface area contributed by atoms with E-state index in [9.17, 15) is 4.39 Å². The van der Waals surface area contributed by atoms with Crippen LogP contribution in [0.5, 0.6) is 11.5 Å². The molecule has 130 valence electrons. The van der Waals surface area contributed by atoms with Gasteiger partial charge in [0.2, 0.25) is 0 Å². The molecule has 2 aromatic rings. The summed E-state index contributed by atoms with van der Waals surface area (Å²) in [6, 6.07) is 9.99. The van der Waals surface area contributed by atoms with Crippen LogP contribution >= 0.6 is 15.9 Å². The van der Waals surface area contributed by atoms with Crippen molar-refractivity contribution in [1.29, 1.82) is 0 Å². The summed E-state index contributed by atoms with van der Waals surface area (Å²) in [5, 5.41) is 12.0. The highest BCUT2D eigenvalue weighted by molar-refractivity contribution is 9.10. The van der Waals surface area contributed by atoms with Gasteiger partial charge in [0.25, 0.3) is 0 Å². The van der Waals surface area contributed by atoms with E-state index in [2.05, 4.69) is 21.2 Å². The minimum Gasteiger partial charge on any atom is -0.490 e. The maximum Gasteiger partial charge on any atom is 0.162 e. The molecular weight excluding hydrogens is 377 g/mol. The molecule has 4 nitrogen and oxygen atoms in total. The van der Waals surface area contributed by atoms with Crippen LogP contribution in [0.3, 0.4) is 0 Å². The van der Waals surface area contributed by atoms with Crippen LogP contribution in [0.1, 0.15) is 18.1 Å². The first-order chi connectivity index (χ1) is 11.6. The van der Waals surface area contributed by atoms with Gasteiger partial charge < -0.3 is 19.9 Å².